The highest BCUT2D eigenvalue weighted by Crippen LogP contribution is 2.22. The van der Waals surface area contributed by atoms with Gasteiger partial charge in [-0.1, -0.05) is 13.8 Å². The van der Waals surface area contributed by atoms with E-state index >= 15 is 0 Å². The van der Waals surface area contributed by atoms with Crippen molar-refractivity contribution < 1.29 is 9.59 Å². The van der Waals surface area contributed by atoms with Gasteiger partial charge in [0, 0.05) is 38.6 Å². The van der Waals surface area contributed by atoms with E-state index < -0.39 is 0 Å². The Morgan fingerprint density at radius 1 is 1.38 bits per heavy atom. The Balaban J connectivity index is 1.93. The van der Waals surface area contributed by atoms with Crippen LogP contribution >= 0.6 is 0 Å². The maximum Gasteiger partial charge on any atom is 0.227 e. The standard InChI is InChI=1S/C16H29N3O2/c1-4-12(2)15(20)19-9-5-6-13(11-19)16(21)18(3)14-7-8-17-10-14/h12-14,17H,4-11H2,1-3H3. The van der Waals surface area contributed by atoms with Crippen LogP contribution in [0.1, 0.15) is 39.5 Å². The normalized spacial score (nSPS) is 27.5. The second kappa shape index (κ2) is 7.25. The van der Waals surface area contributed by atoms with Gasteiger partial charge in [-0.15, -0.1) is 0 Å². The summed E-state index contributed by atoms with van der Waals surface area (Å²) in [6.45, 7) is 7.31. The molecule has 0 radical (unpaired) electrons. The van der Waals surface area contributed by atoms with Crippen LogP contribution in [0.3, 0.4) is 0 Å². The average molecular weight is 295 g/mol. The first kappa shape index (κ1) is 16.3. The molecule has 0 aromatic rings. The fourth-order valence-electron chi connectivity index (χ4n) is 3.30. The number of nitrogens with one attached hydrogen (secondary N) is 1. The smallest absolute Gasteiger partial charge is 0.227 e. The van der Waals surface area contributed by atoms with Crippen LogP contribution in [0.15, 0.2) is 0 Å². The summed E-state index contributed by atoms with van der Waals surface area (Å²) in [5.41, 5.74) is 0. The molecule has 2 saturated heterocycles. The lowest BCUT2D eigenvalue weighted by atomic mass is 9.94. The molecule has 1 N–H and O–H groups in total. The van der Waals surface area contributed by atoms with Gasteiger partial charge in [0.25, 0.3) is 0 Å². The minimum Gasteiger partial charge on any atom is -0.342 e. The fraction of sp³-hybridized carbons (Fsp3) is 0.875. The summed E-state index contributed by atoms with van der Waals surface area (Å²) in [6, 6.07) is 0.318. The van der Waals surface area contributed by atoms with Gasteiger partial charge in [-0.3, -0.25) is 9.59 Å². The molecule has 2 amide bonds. The molecule has 2 rings (SSSR count). The number of likely N-dealkylation sites (N-methyl/N-ethyl adjacent to an activating group) is 1. The molecule has 2 heterocycles. The summed E-state index contributed by atoms with van der Waals surface area (Å²) < 4.78 is 0. The van der Waals surface area contributed by atoms with Crippen molar-refractivity contribution in [2.24, 2.45) is 11.8 Å². The van der Waals surface area contributed by atoms with Crippen LogP contribution in [-0.4, -0.2) is 60.9 Å². The third-order valence-corrected chi connectivity index (χ3v) is 5.05. The fourth-order valence-corrected chi connectivity index (χ4v) is 3.30. The summed E-state index contributed by atoms with van der Waals surface area (Å²) in [7, 11) is 1.91. The molecule has 120 valence electrons. The number of rotatable bonds is 4. The first-order valence-electron chi connectivity index (χ1n) is 8.30. The zero-order chi connectivity index (χ0) is 15.4. The Hall–Kier alpha value is -1.10. The van der Waals surface area contributed by atoms with Crippen LogP contribution < -0.4 is 5.32 Å². The van der Waals surface area contributed by atoms with Crippen LogP contribution in [0.4, 0.5) is 0 Å². The van der Waals surface area contributed by atoms with Crippen LogP contribution in [0.5, 0.6) is 0 Å². The average Bonchev–Trinajstić information content (AvgIpc) is 3.06. The molecule has 0 aromatic carbocycles. The van der Waals surface area contributed by atoms with E-state index in [4.69, 9.17) is 0 Å². The molecule has 0 aromatic heterocycles. The van der Waals surface area contributed by atoms with Gasteiger partial charge in [-0.25, -0.2) is 0 Å². The van der Waals surface area contributed by atoms with Crippen molar-refractivity contribution in [3.05, 3.63) is 0 Å². The van der Waals surface area contributed by atoms with Crippen LogP contribution in [0, 0.1) is 11.8 Å². The maximum atomic E-state index is 12.7. The molecule has 5 heteroatoms. The summed E-state index contributed by atoms with van der Waals surface area (Å²) in [5, 5.41) is 3.30. The Morgan fingerprint density at radius 3 is 2.76 bits per heavy atom. The van der Waals surface area contributed by atoms with Crippen molar-refractivity contribution in [2.45, 2.75) is 45.6 Å². The van der Waals surface area contributed by atoms with Crippen molar-refractivity contribution in [3.8, 4) is 0 Å². The Kier molecular flexibility index (Phi) is 5.62. The molecule has 0 spiro atoms. The number of carbonyl (C=O) groups excluding carboxylic acids is 2. The van der Waals surface area contributed by atoms with Crippen molar-refractivity contribution in [1.29, 1.82) is 0 Å². The summed E-state index contributed by atoms with van der Waals surface area (Å²) in [5.74, 6) is 0.471. The molecular weight excluding hydrogens is 266 g/mol. The van der Waals surface area contributed by atoms with E-state index in [1.807, 2.05) is 30.7 Å². The molecule has 3 atom stereocenters. The zero-order valence-corrected chi connectivity index (χ0v) is 13.6. The molecular formula is C16H29N3O2. The van der Waals surface area contributed by atoms with Gasteiger partial charge < -0.3 is 15.1 Å². The minimum atomic E-state index is -0.0163. The molecule has 0 saturated carbocycles. The van der Waals surface area contributed by atoms with E-state index in [9.17, 15) is 9.59 Å². The summed E-state index contributed by atoms with van der Waals surface area (Å²) in [6.07, 6.45) is 3.75. The minimum absolute atomic E-state index is 0.0163. The largest absolute Gasteiger partial charge is 0.342 e. The molecule has 2 fully saturated rings. The van der Waals surface area contributed by atoms with E-state index in [1.54, 1.807) is 0 Å². The molecule has 0 aliphatic carbocycles. The van der Waals surface area contributed by atoms with E-state index in [1.165, 1.54) is 0 Å². The SMILES string of the molecule is CCC(C)C(=O)N1CCCC(C(=O)N(C)C2CCNC2)C1. The zero-order valence-electron chi connectivity index (χ0n) is 13.6. The van der Waals surface area contributed by atoms with Crippen LogP contribution in [-0.2, 0) is 9.59 Å². The second-order valence-corrected chi connectivity index (χ2v) is 6.53. The lowest BCUT2D eigenvalue weighted by Gasteiger charge is -2.36. The quantitative estimate of drug-likeness (QED) is 0.845. The Morgan fingerprint density at radius 2 is 2.14 bits per heavy atom. The number of amides is 2. The van der Waals surface area contributed by atoms with E-state index in [2.05, 4.69) is 5.32 Å². The van der Waals surface area contributed by atoms with Gasteiger partial charge in [0.2, 0.25) is 11.8 Å². The monoisotopic (exact) mass is 295 g/mol. The predicted octanol–water partition coefficient (Wildman–Crippen LogP) is 1.09. The first-order chi connectivity index (χ1) is 10.0. The van der Waals surface area contributed by atoms with Crippen molar-refractivity contribution in [2.75, 3.05) is 33.2 Å². The third kappa shape index (κ3) is 3.76. The number of piperidine rings is 1. The lowest BCUT2D eigenvalue weighted by Crippen LogP contribution is -2.49. The molecule has 2 aliphatic heterocycles. The van der Waals surface area contributed by atoms with E-state index in [-0.39, 0.29) is 23.7 Å². The molecule has 3 unspecified atom stereocenters. The molecule has 21 heavy (non-hydrogen) atoms. The van der Waals surface area contributed by atoms with Gasteiger partial charge in [-0.2, -0.15) is 0 Å². The highest BCUT2D eigenvalue weighted by Gasteiger charge is 2.33. The number of nitrogens with zero attached hydrogens (tertiary/aromatic N) is 2. The van der Waals surface area contributed by atoms with Crippen LogP contribution in [0.25, 0.3) is 0 Å². The van der Waals surface area contributed by atoms with Gasteiger partial charge in [0.1, 0.15) is 0 Å². The van der Waals surface area contributed by atoms with Crippen molar-refractivity contribution >= 4 is 11.8 Å². The van der Waals surface area contributed by atoms with Crippen molar-refractivity contribution in [3.63, 3.8) is 0 Å². The molecule has 5 nitrogen and oxygen atoms in total. The third-order valence-electron chi connectivity index (χ3n) is 5.05. The maximum absolute atomic E-state index is 12.7. The topological polar surface area (TPSA) is 52.7 Å². The van der Waals surface area contributed by atoms with E-state index in [0.29, 0.717) is 12.6 Å². The van der Waals surface area contributed by atoms with Gasteiger partial charge in [0.05, 0.1) is 5.92 Å². The van der Waals surface area contributed by atoms with Crippen molar-refractivity contribution in [1.82, 2.24) is 15.1 Å². The number of carbonyl (C=O) groups is 2. The highest BCUT2D eigenvalue weighted by atomic mass is 16.2. The predicted molar refractivity (Wildman–Crippen MR) is 82.8 cm³/mol. The molecule has 0 bridgehead atoms. The Bertz CT molecular complexity index is 380. The van der Waals surface area contributed by atoms with Crippen LogP contribution in [0.2, 0.25) is 0 Å². The summed E-state index contributed by atoms with van der Waals surface area (Å²) >= 11 is 0. The number of hydrogen-bond donors (Lipinski definition) is 1. The lowest BCUT2D eigenvalue weighted by molar-refractivity contribution is -0.142. The number of likely N-dealkylation sites (tertiary alicyclic amines) is 1. The summed E-state index contributed by atoms with van der Waals surface area (Å²) in [4.78, 5) is 28.8. The number of hydrogen-bond acceptors (Lipinski definition) is 3. The highest BCUT2D eigenvalue weighted by molar-refractivity contribution is 5.82. The van der Waals surface area contributed by atoms with Gasteiger partial charge in [0.15, 0.2) is 0 Å². The first-order valence-corrected chi connectivity index (χ1v) is 8.30. The van der Waals surface area contributed by atoms with Gasteiger partial charge in [-0.05, 0) is 32.2 Å². The molecule has 2 aliphatic rings. The van der Waals surface area contributed by atoms with E-state index in [0.717, 1.165) is 45.3 Å². The van der Waals surface area contributed by atoms with Gasteiger partial charge >= 0.3 is 0 Å². The Labute approximate surface area is 128 Å². The second-order valence-electron chi connectivity index (χ2n) is 6.53.